The van der Waals surface area contributed by atoms with Crippen LogP contribution in [0.15, 0.2) is 91.0 Å². The second-order valence-corrected chi connectivity index (χ2v) is 16.6. The highest BCUT2D eigenvalue weighted by molar-refractivity contribution is 6.06. The summed E-state index contributed by atoms with van der Waals surface area (Å²) in [6.07, 6.45) is 4.76. The number of nitrogens with zero attached hydrogens (tertiary/aromatic N) is 1. The minimum Gasteiger partial charge on any atom is -0.464 e. The van der Waals surface area contributed by atoms with Crippen molar-refractivity contribution in [3.8, 4) is 0 Å². The van der Waals surface area contributed by atoms with E-state index >= 15 is 0 Å². The Kier molecular flexibility index (Phi) is 15.4. The standard InChI is InChI=1S/C48H57NO12/c50-40(34-16-4-1-5-17-34)46(56)25-13-10-22-37(46)43(53)59-31-28-49(29-32-60-44(54)38-23-11-14-26-47(38,57)41(51)35-18-6-2-7-19-35)30-33-61-45(55)39-24-12-15-27-48(39,58)42(52)36-20-8-3-9-21-36/h1-9,16-21,37-39,56-58H,10-15,22-33H2/t37-,38-,39?,46-,47-,48?/m1/s1. The fraction of sp³-hybridized carbons (Fsp3) is 0.500. The first kappa shape index (κ1) is 45.4. The van der Waals surface area contributed by atoms with Crippen molar-refractivity contribution in [2.45, 2.75) is 93.9 Å². The summed E-state index contributed by atoms with van der Waals surface area (Å²) >= 11 is 0. The monoisotopic (exact) mass is 839 g/mol. The van der Waals surface area contributed by atoms with Crippen LogP contribution in [0.5, 0.6) is 0 Å². The first-order valence-corrected chi connectivity index (χ1v) is 21.6. The van der Waals surface area contributed by atoms with Gasteiger partial charge in [0.15, 0.2) is 17.3 Å². The predicted molar refractivity (Wildman–Crippen MR) is 222 cm³/mol. The molecule has 3 aliphatic rings. The second-order valence-electron chi connectivity index (χ2n) is 16.6. The van der Waals surface area contributed by atoms with Crippen LogP contribution in [-0.4, -0.2) is 112 Å². The first-order valence-electron chi connectivity index (χ1n) is 21.6. The maximum Gasteiger partial charge on any atom is 0.312 e. The zero-order chi connectivity index (χ0) is 43.5. The van der Waals surface area contributed by atoms with Gasteiger partial charge in [0.05, 0.1) is 17.8 Å². The Morgan fingerprint density at radius 2 is 0.705 bits per heavy atom. The highest BCUT2D eigenvalue weighted by atomic mass is 16.5. The van der Waals surface area contributed by atoms with E-state index in [-0.39, 0.29) is 78.0 Å². The van der Waals surface area contributed by atoms with E-state index in [9.17, 15) is 44.1 Å². The molecular formula is C48H57NO12. The van der Waals surface area contributed by atoms with Crippen molar-refractivity contribution in [2.24, 2.45) is 17.8 Å². The molecule has 61 heavy (non-hydrogen) atoms. The molecule has 0 radical (unpaired) electrons. The minimum atomic E-state index is -1.93. The normalized spacial score (nSPS) is 26.5. The summed E-state index contributed by atoms with van der Waals surface area (Å²) < 4.78 is 17.0. The van der Waals surface area contributed by atoms with Crippen molar-refractivity contribution in [3.05, 3.63) is 108 Å². The third-order valence-electron chi connectivity index (χ3n) is 12.7. The highest BCUT2D eigenvalue weighted by Gasteiger charge is 2.52. The number of hydrogen-bond donors (Lipinski definition) is 3. The smallest absolute Gasteiger partial charge is 0.312 e. The molecule has 0 heterocycles. The molecule has 3 aromatic rings. The Hall–Kier alpha value is -5.08. The average molecular weight is 840 g/mol. The number of ketones is 3. The lowest BCUT2D eigenvalue weighted by atomic mass is 9.71. The molecule has 13 nitrogen and oxygen atoms in total. The lowest BCUT2D eigenvalue weighted by Gasteiger charge is -2.37. The molecule has 326 valence electrons. The van der Waals surface area contributed by atoms with E-state index < -0.39 is 69.8 Å². The maximum absolute atomic E-state index is 13.5. The molecule has 3 N–H and O–H groups in total. The van der Waals surface area contributed by atoms with Crippen molar-refractivity contribution in [3.63, 3.8) is 0 Å². The van der Waals surface area contributed by atoms with Crippen LogP contribution >= 0.6 is 0 Å². The van der Waals surface area contributed by atoms with Crippen LogP contribution in [0.2, 0.25) is 0 Å². The molecule has 3 aromatic carbocycles. The molecule has 3 aliphatic carbocycles. The number of ether oxygens (including phenoxy) is 3. The SMILES string of the molecule is O=C(OCCN(CCOC(=O)[C@H]1CCCC[C@]1(O)C(=O)c1ccccc1)CCOC(=O)[C@H]1CCCC[C@]1(O)C(=O)c1ccccc1)C1CCCCC1(O)C(=O)c1ccccc1. The number of benzene rings is 3. The number of hydrogen-bond acceptors (Lipinski definition) is 13. The van der Waals surface area contributed by atoms with Gasteiger partial charge in [-0.05, 0) is 38.5 Å². The van der Waals surface area contributed by atoms with E-state index in [1.54, 1.807) is 95.9 Å². The number of carbonyl (C=O) groups is 6. The Labute approximate surface area is 356 Å². The molecule has 0 amide bonds. The van der Waals surface area contributed by atoms with Gasteiger partial charge in [-0.15, -0.1) is 0 Å². The maximum atomic E-state index is 13.5. The molecule has 3 fully saturated rings. The van der Waals surface area contributed by atoms with Gasteiger partial charge in [-0.1, -0.05) is 130 Å². The Morgan fingerprint density at radius 1 is 0.443 bits per heavy atom. The van der Waals surface area contributed by atoms with Gasteiger partial charge >= 0.3 is 17.9 Å². The summed E-state index contributed by atoms with van der Waals surface area (Å²) in [6.45, 7) is -0.271. The Balaban J connectivity index is 1.10. The molecule has 6 atom stereocenters. The molecule has 0 saturated heterocycles. The van der Waals surface area contributed by atoms with Crippen molar-refractivity contribution >= 4 is 35.3 Å². The van der Waals surface area contributed by atoms with E-state index in [0.717, 1.165) is 0 Å². The van der Waals surface area contributed by atoms with E-state index in [1.807, 2.05) is 0 Å². The zero-order valence-electron chi connectivity index (χ0n) is 34.6. The van der Waals surface area contributed by atoms with E-state index in [1.165, 1.54) is 0 Å². The van der Waals surface area contributed by atoms with Gasteiger partial charge in [-0.3, -0.25) is 33.7 Å². The summed E-state index contributed by atoms with van der Waals surface area (Å²) in [4.78, 5) is 82.8. The number of Topliss-reactive ketones (excluding diaryl/α,β-unsaturated/α-hetero) is 3. The van der Waals surface area contributed by atoms with Crippen LogP contribution in [0.3, 0.4) is 0 Å². The number of esters is 3. The van der Waals surface area contributed by atoms with Crippen molar-refractivity contribution < 1.29 is 58.3 Å². The molecule has 0 bridgehead atoms. The molecule has 3 saturated carbocycles. The molecule has 0 spiro atoms. The van der Waals surface area contributed by atoms with Gasteiger partial charge in [0.25, 0.3) is 0 Å². The van der Waals surface area contributed by atoms with E-state index in [0.29, 0.717) is 55.2 Å². The largest absolute Gasteiger partial charge is 0.464 e. The van der Waals surface area contributed by atoms with Crippen molar-refractivity contribution in [2.75, 3.05) is 39.5 Å². The molecule has 6 rings (SSSR count). The third-order valence-corrected chi connectivity index (χ3v) is 12.7. The third kappa shape index (κ3) is 10.5. The van der Waals surface area contributed by atoms with Gasteiger partial charge in [0.2, 0.25) is 0 Å². The summed E-state index contributed by atoms with van der Waals surface area (Å²) in [5, 5.41) is 34.9. The molecule has 0 aromatic heterocycles. The Bertz CT molecular complexity index is 1770. The van der Waals surface area contributed by atoms with Crippen LogP contribution in [0, 0.1) is 17.8 Å². The molecule has 2 unspecified atom stereocenters. The van der Waals surface area contributed by atoms with Crippen LogP contribution in [-0.2, 0) is 28.6 Å². The van der Waals surface area contributed by atoms with Crippen LogP contribution < -0.4 is 0 Å². The quantitative estimate of drug-likeness (QED) is 0.0847. The lowest BCUT2D eigenvalue weighted by molar-refractivity contribution is -0.159. The Morgan fingerprint density at radius 3 is 0.967 bits per heavy atom. The second kappa shape index (κ2) is 20.7. The topological polar surface area (TPSA) is 194 Å². The van der Waals surface area contributed by atoms with Gasteiger partial charge in [0.1, 0.15) is 36.6 Å². The van der Waals surface area contributed by atoms with Gasteiger partial charge in [0, 0.05) is 36.3 Å². The van der Waals surface area contributed by atoms with Gasteiger partial charge < -0.3 is 29.5 Å². The predicted octanol–water partition coefficient (Wildman–Crippen LogP) is 5.33. The average Bonchev–Trinajstić information content (AvgIpc) is 3.29. The first-order chi connectivity index (χ1) is 29.4. The number of aliphatic hydroxyl groups is 3. The van der Waals surface area contributed by atoms with Crippen molar-refractivity contribution in [1.29, 1.82) is 0 Å². The minimum absolute atomic E-state index is 0.0817. The summed E-state index contributed by atoms with van der Waals surface area (Å²) in [5.74, 6) is -7.00. The number of carbonyl (C=O) groups excluding carboxylic acids is 6. The van der Waals surface area contributed by atoms with Gasteiger partial charge in [-0.25, -0.2) is 0 Å². The van der Waals surface area contributed by atoms with Crippen molar-refractivity contribution in [1.82, 2.24) is 4.90 Å². The van der Waals surface area contributed by atoms with Gasteiger partial charge in [-0.2, -0.15) is 0 Å². The summed E-state index contributed by atoms with van der Waals surface area (Å²) in [5.41, 5.74) is -4.88. The fourth-order valence-electron chi connectivity index (χ4n) is 9.20. The van der Waals surface area contributed by atoms with Crippen LogP contribution in [0.4, 0.5) is 0 Å². The fourth-order valence-corrected chi connectivity index (χ4v) is 9.20. The lowest BCUT2D eigenvalue weighted by Crippen LogP contribution is -2.52. The molecular weight excluding hydrogens is 783 g/mol. The summed E-state index contributed by atoms with van der Waals surface area (Å²) in [7, 11) is 0. The number of rotatable bonds is 18. The molecule has 13 heteroatoms. The van der Waals surface area contributed by atoms with E-state index in [4.69, 9.17) is 14.2 Å². The van der Waals surface area contributed by atoms with E-state index in [2.05, 4.69) is 0 Å². The van der Waals surface area contributed by atoms with Crippen LogP contribution in [0.1, 0.15) is 108 Å². The highest BCUT2D eigenvalue weighted by Crippen LogP contribution is 2.40. The molecule has 0 aliphatic heterocycles. The van der Waals surface area contributed by atoms with Crippen LogP contribution in [0.25, 0.3) is 0 Å². The zero-order valence-corrected chi connectivity index (χ0v) is 34.6. The summed E-state index contributed by atoms with van der Waals surface area (Å²) in [6, 6.07) is 25.0.